The summed E-state index contributed by atoms with van der Waals surface area (Å²) in [7, 11) is 0. The molecule has 0 amide bonds. The number of benzene rings is 4. The van der Waals surface area contributed by atoms with E-state index in [0.29, 0.717) is 0 Å². The van der Waals surface area contributed by atoms with Gasteiger partial charge in [-0.1, -0.05) is 60.7 Å². The molecule has 5 rings (SSSR count). The van der Waals surface area contributed by atoms with Crippen molar-refractivity contribution in [3.05, 3.63) is 90.5 Å². The Balaban J connectivity index is 1.51. The van der Waals surface area contributed by atoms with Crippen molar-refractivity contribution in [2.45, 2.75) is 10.6 Å². The molecule has 0 aliphatic carbocycles. The van der Waals surface area contributed by atoms with Crippen LogP contribution in [0, 0.1) is 0 Å². The molecule has 2 nitrogen and oxygen atoms in total. The zero-order valence-corrected chi connectivity index (χ0v) is 14.9. The van der Waals surface area contributed by atoms with Crippen molar-refractivity contribution in [3.63, 3.8) is 0 Å². The van der Waals surface area contributed by atoms with E-state index < -0.39 is 0 Å². The molecule has 0 aliphatic rings. The van der Waals surface area contributed by atoms with Crippen LogP contribution in [0.2, 0.25) is 0 Å². The molecule has 0 aliphatic heterocycles. The molecule has 0 atom stereocenters. The second-order valence-electron chi connectivity index (χ2n) is 6.31. The maximum Gasteiger partial charge on any atom is 0.103 e. The monoisotopic (exact) mass is 352 g/mol. The quantitative estimate of drug-likeness (QED) is 0.284. The van der Waals surface area contributed by atoms with Gasteiger partial charge in [0, 0.05) is 10.6 Å². The SMILES string of the molecule is c1ccc2cc(CSc3cccc4nc5ccccc5nc34)ccc2c1. The van der Waals surface area contributed by atoms with E-state index in [0.717, 1.165) is 27.8 Å². The van der Waals surface area contributed by atoms with Gasteiger partial charge >= 0.3 is 0 Å². The summed E-state index contributed by atoms with van der Waals surface area (Å²) in [5, 5.41) is 2.57. The number of fused-ring (bicyclic) bond motifs is 3. The highest BCUT2D eigenvalue weighted by Crippen LogP contribution is 2.30. The zero-order valence-electron chi connectivity index (χ0n) is 14.1. The van der Waals surface area contributed by atoms with Gasteiger partial charge in [0.05, 0.1) is 16.6 Å². The smallest absolute Gasteiger partial charge is 0.103 e. The van der Waals surface area contributed by atoms with Gasteiger partial charge < -0.3 is 0 Å². The van der Waals surface area contributed by atoms with Crippen molar-refractivity contribution in [3.8, 4) is 0 Å². The molecule has 124 valence electrons. The number of aromatic nitrogens is 2. The highest BCUT2D eigenvalue weighted by molar-refractivity contribution is 7.98. The molecular formula is C23H16N2S. The second kappa shape index (κ2) is 6.43. The minimum Gasteiger partial charge on any atom is -0.244 e. The number of hydrogen-bond donors (Lipinski definition) is 0. The number of rotatable bonds is 3. The summed E-state index contributed by atoms with van der Waals surface area (Å²) in [4.78, 5) is 10.8. The van der Waals surface area contributed by atoms with Crippen LogP contribution in [0.3, 0.4) is 0 Å². The van der Waals surface area contributed by atoms with Crippen LogP contribution in [0.25, 0.3) is 32.8 Å². The number of nitrogens with zero attached hydrogens (tertiary/aromatic N) is 2. The predicted octanol–water partition coefficient (Wildman–Crippen LogP) is 6.23. The Hall–Kier alpha value is -2.91. The topological polar surface area (TPSA) is 25.8 Å². The third-order valence-electron chi connectivity index (χ3n) is 4.54. The predicted molar refractivity (Wildman–Crippen MR) is 111 cm³/mol. The van der Waals surface area contributed by atoms with E-state index in [4.69, 9.17) is 9.97 Å². The minimum absolute atomic E-state index is 0.915. The summed E-state index contributed by atoms with van der Waals surface area (Å²) in [5.41, 5.74) is 5.14. The fraction of sp³-hybridized carbons (Fsp3) is 0.0435. The molecule has 26 heavy (non-hydrogen) atoms. The average molecular weight is 352 g/mol. The van der Waals surface area contributed by atoms with Crippen molar-refractivity contribution < 1.29 is 0 Å². The van der Waals surface area contributed by atoms with Gasteiger partial charge in [-0.3, -0.25) is 0 Å². The summed E-state index contributed by atoms with van der Waals surface area (Å²) in [6, 6.07) is 29.4. The maximum atomic E-state index is 4.86. The zero-order chi connectivity index (χ0) is 17.3. The molecular weight excluding hydrogens is 336 g/mol. The molecule has 5 aromatic rings. The van der Waals surface area contributed by atoms with Crippen LogP contribution in [-0.4, -0.2) is 9.97 Å². The van der Waals surface area contributed by atoms with Crippen LogP contribution in [0.5, 0.6) is 0 Å². The second-order valence-corrected chi connectivity index (χ2v) is 7.32. The van der Waals surface area contributed by atoms with Gasteiger partial charge in [-0.15, -0.1) is 11.8 Å². The molecule has 0 radical (unpaired) electrons. The van der Waals surface area contributed by atoms with E-state index in [1.807, 2.05) is 42.1 Å². The Morgan fingerprint density at radius 3 is 2.23 bits per heavy atom. The first-order valence-electron chi connectivity index (χ1n) is 8.63. The summed E-state index contributed by atoms with van der Waals surface area (Å²) in [5.74, 6) is 0.915. The fourth-order valence-corrected chi connectivity index (χ4v) is 4.19. The van der Waals surface area contributed by atoms with Crippen molar-refractivity contribution in [1.82, 2.24) is 9.97 Å². The van der Waals surface area contributed by atoms with Crippen molar-refractivity contribution in [2.24, 2.45) is 0 Å². The standard InChI is InChI=1S/C23H16N2S/c1-2-7-18-14-16(12-13-17(18)6-1)15-26-22-11-5-10-21-23(22)25-20-9-4-3-8-19(20)24-21/h1-14H,15H2. The van der Waals surface area contributed by atoms with Gasteiger partial charge in [-0.25, -0.2) is 9.97 Å². The van der Waals surface area contributed by atoms with Gasteiger partial charge in [0.25, 0.3) is 0 Å². The molecule has 0 spiro atoms. The Kier molecular flexibility index (Phi) is 3.80. The van der Waals surface area contributed by atoms with E-state index in [2.05, 4.69) is 54.6 Å². The number of hydrogen-bond acceptors (Lipinski definition) is 3. The maximum absolute atomic E-state index is 4.86. The van der Waals surface area contributed by atoms with Gasteiger partial charge in [-0.2, -0.15) is 0 Å². The Morgan fingerprint density at radius 1 is 0.615 bits per heavy atom. The van der Waals surface area contributed by atoms with Crippen molar-refractivity contribution in [1.29, 1.82) is 0 Å². The Bertz CT molecular complexity index is 1250. The van der Waals surface area contributed by atoms with Gasteiger partial charge in [-0.05, 0) is 40.6 Å². The van der Waals surface area contributed by atoms with E-state index in [-0.39, 0.29) is 0 Å². The highest BCUT2D eigenvalue weighted by atomic mass is 32.2. The average Bonchev–Trinajstić information content (AvgIpc) is 2.70. The highest BCUT2D eigenvalue weighted by Gasteiger charge is 2.07. The van der Waals surface area contributed by atoms with E-state index >= 15 is 0 Å². The third kappa shape index (κ3) is 2.80. The molecule has 0 fully saturated rings. The van der Waals surface area contributed by atoms with Crippen molar-refractivity contribution in [2.75, 3.05) is 0 Å². The Morgan fingerprint density at radius 2 is 1.35 bits per heavy atom. The Labute approximate surface area is 155 Å². The van der Waals surface area contributed by atoms with E-state index in [1.165, 1.54) is 21.2 Å². The lowest BCUT2D eigenvalue weighted by Crippen LogP contribution is -1.89. The van der Waals surface area contributed by atoms with Gasteiger partial charge in [0.1, 0.15) is 5.52 Å². The molecule has 0 unspecified atom stereocenters. The lowest BCUT2D eigenvalue weighted by Gasteiger charge is -2.07. The van der Waals surface area contributed by atoms with Crippen LogP contribution >= 0.6 is 11.8 Å². The largest absolute Gasteiger partial charge is 0.244 e. The summed E-state index contributed by atoms with van der Waals surface area (Å²) < 4.78 is 0. The summed E-state index contributed by atoms with van der Waals surface area (Å²) in [6.07, 6.45) is 0. The van der Waals surface area contributed by atoms with Crippen LogP contribution in [0.15, 0.2) is 89.8 Å². The lowest BCUT2D eigenvalue weighted by atomic mass is 10.1. The lowest BCUT2D eigenvalue weighted by molar-refractivity contribution is 1.33. The first-order valence-corrected chi connectivity index (χ1v) is 9.61. The molecule has 4 aromatic carbocycles. The molecule has 1 aromatic heterocycles. The minimum atomic E-state index is 0.915. The van der Waals surface area contributed by atoms with Crippen LogP contribution in [0.4, 0.5) is 0 Å². The number of thioether (sulfide) groups is 1. The normalized spacial score (nSPS) is 11.4. The van der Waals surface area contributed by atoms with Gasteiger partial charge in [0.2, 0.25) is 0 Å². The number of para-hydroxylation sites is 3. The molecule has 3 heteroatoms. The molecule has 0 saturated carbocycles. The summed E-state index contributed by atoms with van der Waals surface area (Å²) >= 11 is 1.82. The molecule has 0 saturated heterocycles. The first-order chi connectivity index (χ1) is 12.9. The van der Waals surface area contributed by atoms with Crippen LogP contribution in [-0.2, 0) is 5.75 Å². The van der Waals surface area contributed by atoms with Crippen LogP contribution in [0.1, 0.15) is 5.56 Å². The fourth-order valence-electron chi connectivity index (χ4n) is 3.22. The van der Waals surface area contributed by atoms with E-state index in [1.54, 1.807) is 0 Å². The van der Waals surface area contributed by atoms with Crippen molar-refractivity contribution >= 4 is 44.6 Å². The van der Waals surface area contributed by atoms with E-state index in [9.17, 15) is 0 Å². The van der Waals surface area contributed by atoms with Gasteiger partial charge in [0.15, 0.2) is 0 Å². The first kappa shape index (κ1) is 15.4. The summed E-state index contributed by atoms with van der Waals surface area (Å²) in [6.45, 7) is 0. The molecule has 0 N–H and O–H groups in total. The molecule has 0 bridgehead atoms. The van der Waals surface area contributed by atoms with Crippen LogP contribution < -0.4 is 0 Å². The molecule has 1 heterocycles. The third-order valence-corrected chi connectivity index (χ3v) is 5.66.